The van der Waals surface area contributed by atoms with Crippen LogP contribution in [0.5, 0.6) is 0 Å². The summed E-state index contributed by atoms with van der Waals surface area (Å²) in [5.74, 6) is -0.293. The van der Waals surface area contributed by atoms with Crippen LogP contribution < -0.4 is 79.8 Å². The number of carbonyl (C=O) groups excluding carboxylic acids is 1. The van der Waals surface area contributed by atoms with E-state index in [4.69, 9.17) is 0 Å². The van der Waals surface area contributed by atoms with Crippen LogP contribution in [0.3, 0.4) is 0 Å². The van der Waals surface area contributed by atoms with Gasteiger partial charge in [0.05, 0.1) is 37.3 Å². The Hall–Kier alpha value is -1.84. The molecular formula is C23H19F3N5Na2O6P. The summed E-state index contributed by atoms with van der Waals surface area (Å²) in [5, 5.41) is 6.17. The Bertz CT molecular complexity index is 1640. The van der Waals surface area contributed by atoms with Gasteiger partial charge in [-0.1, -0.05) is 18.2 Å². The summed E-state index contributed by atoms with van der Waals surface area (Å²) in [6.07, 6.45) is -2.88. The van der Waals surface area contributed by atoms with Gasteiger partial charge in [-0.15, -0.1) is 0 Å². The molecule has 0 saturated carbocycles. The van der Waals surface area contributed by atoms with Crippen LogP contribution >= 0.6 is 7.82 Å². The number of fused-ring (bicyclic) bond motifs is 1. The summed E-state index contributed by atoms with van der Waals surface area (Å²) in [6, 6.07) is 10.0. The van der Waals surface area contributed by atoms with Gasteiger partial charge < -0.3 is 24.2 Å². The Kier molecular flexibility index (Phi) is 11.5. The standard InChI is InChI=1S/C23H21F3N5O6P.2Na/c1-13(14-4-3-5-16(8-14)21(32)27-2)30-11-28-19-9-15(6-7-17(19)22(30)33)18-10-29-31(12-37-38(34,35)36)20(18)23(24,25)26;;/h3-11,13H,12H2,1-2H3,(H,27,32)(H2,34,35,36);;/q;2*+1/p-2/t13-;;/m1../s1. The number of amides is 1. The number of hydrogen-bond donors (Lipinski definition) is 1. The van der Waals surface area contributed by atoms with Crippen molar-refractivity contribution in [1.82, 2.24) is 24.6 Å². The molecule has 0 saturated heterocycles. The molecular weight excluding hydrogens is 576 g/mol. The van der Waals surface area contributed by atoms with Crippen LogP contribution in [-0.2, 0) is 22.0 Å². The number of hydrogen-bond acceptors (Lipinski definition) is 8. The Morgan fingerprint density at radius 2 is 1.88 bits per heavy atom. The van der Waals surface area contributed by atoms with Crippen molar-refractivity contribution in [3.63, 3.8) is 0 Å². The first-order chi connectivity index (χ1) is 17.8. The average Bonchev–Trinajstić information content (AvgIpc) is 3.31. The van der Waals surface area contributed by atoms with Crippen molar-refractivity contribution in [2.24, 2.45) is 0 Å². The number of phosphoric acid groups is 1. The van der Waals surface area contributed by atoms with Crippen LogP contribution in [0.25, 0.3) is 22.0 Å². The van der Waals surface area contributed by atoms with E-state index in [1.54, 1.807) is 31.2 Å². The fraction of sp³-hybridized carbons (Fsp3) is 0.217. The molecule has 2 aromatic heterocycles. The molecule has 2 aromatic carbocycles. The zero-order valence-electron chi connectivity index (χ0n) is 21.8. The number of carbonyl (C=O) groups is 1. The molecule has 1 N–H and O–H groups in total. The van der Waals surface area contributed by atoms with Crippen molar-refractivity contribution in [2.45, 2.75) is 25.9 Å². The molecule has 0 fully saturated rings. The number of aromatic nitrogens is 4. The summed E-state index contributed by atoms with van der Waals surface area (Å²) in [7, 11) is -4.05. The molecule has 0 spiro atoms. The smallest absolute Gasteiger partial charge is 0.790 e. The van der Waals surface area contributed by atoms with E-state index in [0.29, 0.717) is 11.1 Å². The molecule has 2 heterocycles. The van der Waals surface area contributed by atoms with E-state index in [2.05, 4.69) is 19.9 Å². The summed E-state index contributed by atoms with van der Waals surface area (Å²) in [6.45, 7) is 0.482. The van der Waals surface area contributed by atoms with Gasteiger partial charge in [0.1, 0.15) is 6.73 Å². The first-order valence-electron chi connectivity index (χ1n) is 10.9. The van der Waals surface area contributed by atoms with E-state index in [1.807, 2.05) is 0 Å². The van der Waals surface area contributed by atoms with Gasteiger partial charge in [0.2, 0.25) is 0 Å². The topological polar surface area (TPSA) is 154 Å². The number of nitrogens with one attached hydrogen (secondary N) is 1. The van der Waals surface area contributed by atoms with Crippen molar-refractivity contribution in [2.75, 3.05) is 7.05 Å². The zero-order chi connectivity index (χ0) is 27.8. The second kappa shape index (κ2) is 13.4. The summed E-state index contributed by atoms with van der Waals surface area (Å²) in [4.78, 5) is 50.9. The Labute approximate surface area is 269 Å². The van der Waals surface area contributed by atoms with Crippen LogP contribution in [0.1, 0.15) is 34.6 Å². The molecule has 200 valence electrons. The van der Waals surface area contributed by atoms with Crippen molar-refractivity contribution >= 4 is 24.6 Å². The van der Waals surface area contributed by atoms with Crippen LogP contribution in [0.15, 0.2) is 59.8 Å². The van der Waals surface area contributed by atoms with E-state index < -0.39 is 43.6 Å². The van der Waals surface area contributed by atoms with Crippen LogP contribution in [0, 0.1) is 0 Å². The maximum Gasteiger partial charge on any atom is 1.00 e. The van der Waals surface area contributed by atoms with Gasteiger partial charge in [-0.2, -0.15) is 18.3 Å². The van der Waals surface area contributed by atoms with Crippen LogP contribution in [-0.4, -0.2) is 32.3 Å². The van der Waals surface area contributed by atoms with Crippen molar-refractivity contribution < 1.29 is 96.0 Å². The van der Waals surface area contributed by atoms with Gasteiger partial charge >= 0.3 is 65.3 Å². The molecule has 17 heteroatoms. The Morgan fingerprint density at radius 3 is 2.50 bits per heavy atom. The third-order valence-corrected chi connectivity index (χ3v) is 6.25. The predicted octanol–water partition coefficient (Wildman–Crippen LogP) is -3.94. The molecule has 11 nitrogen and oxygen atoms in total. The Morgan fingerprint density at radius 1 is 1.18 bits per heavy atom. The maximum absolute atomic E-state index is 13.8. The number of rotatable bonds is 7. The minimum absolute atomic E-state index is 0. The average molecular weight is 595 g/mol. The normalized spacial score (nSPS) is 12.4. The second-order valence-corrected chi connectivity index (χ2v) is 9.33. The van der Waals surface area contributed by atoms with Crippen LogP contribution in [0.2, 0.25) is 0 Å². The molecule has 0 radical (unpaired) electrons. The quantitative estimate of drug-likeness (QED) is 0.168. The van der Waals surface area contributed by atoms with E-state index in [0.717, 1.165) is 6.20 Å². The molecule has 0 bridgehead atoms. The molecule has 40 heavy (non-hydrogen) atoms. The van der Waals surface area contributed by atoms with Crippen LogP contribution in [0.4, 0.5) is 13.2 Å². The molecule has 0 unspecified atom stereocenters. The number of phosphoric ester groups is 1. The third kappa shape index (κ3) is 7.51. The van der Waals surface area contributed by atoms with Gasteiger partial charge in [0, 0.05) is 18.2 Å². The van der Waals surface area contributed by atoms with E-state index in [-0.39, 0.29) is 86.2 Å². The molecule has 0 aliphatic heterocycles. The third-order valence-electron chi connectivity index (χ3n) is 5.82. The maximum atomic E-state index is 13.8. The Balaban J connectivity index is 0.00000280. The number of nitrogens with zero attached hydrogens (tertiary/aromatic N) is 4. The van der Waals surface area contributed by atoms with Gasteiger partial charge in [0.15, 0.2) is 5.69 Å². The number of benzene rings is 2. The summed E-state index contributed by atoms with van der Waals surface area (Å²) in [5.41, 5.74) is -1.06. The molecule has 4 aromatic rings. The van der Waals surface area contributed by atoms with E-state index >= 15 is 0 Å². The van der Waals surface area contributed by atoms with Crippen molar-refractivity contribution in [1.29, 1.82) is 0 Å². The minimum Gasteiger partial charge on any atom is -0.790 e. The molecule has 4 rings (SSSR count). The van der Waals surface area contributed by atoms with Crippen molar-refractivity contribution in [3.8, 4) is 11.1 Å². The van der Waals surface area contributed by atoms with E-state index in [9.17, 15) is 37.1 Å². The SMILES string of the molecule is CNC(=O)c1cccc([C@@H](C)n2cnc3cc(-c4cnn(COP(=O)([O-])[O-])c4C(F)(F)F)ccc3c2=O)c1.[Na+].[Na+]. The van der Waals surface area contributed by atoms with Gasteiger partial charge in [-0.3, -0.25) is 14.2 Å². The predicted molar refractivity (Wildman–Crippen MR) is 125 cm³/mol. The van der Waals surface area contributed by atoms with Gasteiger partial charge in [-0.25, -0.2) is 9.67 Å². The molecule has 1 atom stereocenters. The summed E-state index contributed by atoms with van der Waals surface area (Å²) >= 11 is 0. The minimum atomic E-state index is -5.54. The number of halogens is 3. The number of alkyl halides is 3. The molecule has 0 aliphatic rings. The zero-order valence-corrected chi connectivity index (χ0v) is 26.7. The second-order valence-electron chi connectivity index (χ2n) is 8.18. The fourth-order valence-corrected chi connectivity index (χ4v) is 4.19. The van der Waals surface area contributed by atoms with Gasteiger partial charge in [-0.05, 0) is 42.3 Å². The largest absolute Gasteiger partial charge is 1.00 e. The first kappa shape index (κ1) is 34.4. The summed E-state index contributed by atoms with van der Waals surface area (Å²) < 4.78 is 57.6. The monoisotopic (exact) mass is 595 g/mol. The van der Waals surface area contributed by atoms with E-state index in [1.165, 1.54) is 36.1 Å². The molecule has 0 aliphatic carbocycles. The van der Waals surface area contributed by atoms with Crippen molar-refractivity contribution in [3.05, 3.63) is 82.2 Å². The first-order valence-corrected chi connectivity index (χ1v) is 12.4. The fourth-order valence-electron chi connectivity index (χ4n) is 3.94. The van der Waals surface area contributed by atoms with Gasteiger partial charge in [0.25, 0.3) is 11.5 Å². The molecule has 1 amide bonds.